The quantitative estimate of drug-likeness (QED) is 0.811. The Hall–Kier alpha value is -0.770. The van der Waals surface area contributed by atoms with Crippen LogP contribution in [0.15, 0.2) is 0 Å². The molecule has 2 aliphatic rings. The Kier molecular flexibility index (Phi) is 6.13. The minimum absolute atomic E-state index is 0.290. The van der Waals surface area contributed by atoms with Crippen LogP contribution in [0.2, 0.25) is 0 Å². The first kappa shape index (κ1) is 17.6. The van der Waals surface area contributed by atoms with Gasteiger partial charge in [0, 0.05) is 18.6 Å². The van der Waals surface area contributed by atoms with E-state index in [1.165, 1.54) is 44.9 Å². The van der Waals surface area contributed by atoms with E-state index in [4.69, 9.17) is 4.74 Å². The molecule has 128 valence electrons. The fourth-order valence-electron chi connectivity index (χ4n) is 3.96. The van der Waals surface area contributed by atoms with E-state index in [0.29, 0.717) is 18.0 Å². The number of carbonyl (C=O) groups excluding carboxylic acids is 1. The molecular weight excluding hydrogens is 276 g/mol. The maximum Gasteiger partial charge on any atom is 0.407 e. The van der Waals surface area contributed by atoms with Crippen molar-refractivity contribution in [3.8, 4) is 0 Å². The Balaban J connectivity index is 1.74. The van der Waals surface area contributed by atoms with Crippen LogP contribution in [0.1, 0.15) is 72.6 Å². The van der Waals surface area contributed by atoms with Crippen LogP contribution < -0.4 is 10.6 Å². The molecule has 22 heavy (non-hydrogen) atoms. The molecule has 0 spiro atoms. The molecule has 3 atom stereocenters. The molecule has 0 aliphatic heterocycles. The number of hydrogen-bond acceptors (Lipinski definition) is 3. The summed E-state index contributed by atoms with van der Waals surface area (Å²) >= 11 is 0. The fourth-order valence-corrected chi connectivity index (χ4v) is 3.96. The van der Waals surface area contributed by atoms with Crippen molar-refractivity contribution in [1.29, 1.82) is 0 Å². The molecule has 2 N–H and O–H groups in total. The molecule has 2 unspecified atom stereocenters. The summed E-state index contributed by atoms with van der Waals surface area (Å²) in [4.78, 5) is 11.8. The van der Waals surface area contributed by atoms with Crippen LogP contribution in [-0.4, -0.2) is 30.3 Å². The SMILES string of the molecule is C[C@H](NC1CCCC1CNC(=O)OC(C)(C)C)C1CCCC1. The zero-order valence-electron chi connectivity index (χ0n) is 14.8. The molecule has 4 heteroatoms. The normalized spacial score (nSPS) is 27.8. The van der Waals surface area contributed by atoms with Gasteiger partial charge in [0.2, 0.25) is 0 Å². The van der Waals surface area contributed by atoms with Crippen molar-refractivity contribution in [2.75, 3.05) is 6.54 Å². The summed E-state index contributed by atoms with van der Waals surface area (Å²) in [6, 6.07) is 1.15. The fraction of sp³-hybridized carbons (Fsp3) is 0.944. The lowest BCUT2D eigenvalue weighted by Gasteiger charge is -2.29. The third kappa shape index (κ3) is 5.45. The smallest absolute Gasteiger partial charge is 0.407 e. The van der Waals surface area contributed by atoms with E-state index in [1.807, 2.05) is 20.8 Å². The molecule has 0 aromatic carbocycles. The summed E-state index contributed by atoms with van der Waals surface area (Å²) in [6.07, 6.45) is 8.94. The molecule has 0 radical (unpaired) electrons. The van der Waals surface area contributed by atoms with Crippen LogP contribution in [0.25, 0.3) is 0 Å². The zero-order valence-corrected chi connectivity index (χ0v) is 14.8. The van der Waals surface area contributed by atoms with Gasteiger partial charge in [-0.1, -0.05) is 19.3 Å². The first-order chi connectivity index (χ1) is 10.3. The molecule has 2 aliphatic carbocycles. The summed E-state index contributed by atoms with van der Waals surface area (Å²) < 4.78 is 5.32. The van der Waals surface area contributed by atoms with Crippen LogP contribution in [0.5, 0.6) is 0 Å². The highest BCUT2D eigenvalue weighted by Crippen LogP contribution is 2.30. The largest absolute Gasteiger partial charge is 0.444 e. The van der Waals surface area contributed by atoms with Crippen LogP contribution in [-0.2, 0) is 4.74 Å². The van der Waals surface area contributed by atoms with E-state index in [0.717, 1.165) is 12.5 Å². The van der Waals surface area contributed by atoms with Gasteiger partial charge in [-0.05, 0) is 65.2 Å². The highest BCUT2D eigenvalue weighted by atomic mass is 16.6. The first-order valence-electron chi connectivity index (χ1n) is 9.08. The van der Waals surface area contributed by atoms with E-state index < -0.39 is 5.60 Å². The van der Waals surface area contributed by atoms with E-state index in [2.05, 4.69) is 17.6 Å². The lowest BCUT2D eigenvalue weighted by molar-refractivity contribution is 0.0517. The van der Waals surface area contributed by atoms with Gasteiger partial charge in [-0.2, -0.15) is 0 Å². The third-order valence-electron chi connectivity index (χ3n) is 5.15. The highest BCUT2D eigenvalue weighted by Gasteiger charge is 2.31. The van der Waals surface area contributed by atoms with Crippen LogP contribution >= 0.6 is 0 Å². The van der Waals surface area contributed by atoms with Crippen molar-refractivity contribution >= 4 is 6.09 Å². The highest BCUT2D eigenvalue weighted by molar-refractivity contribution is 5.67. The predicted molar refractivity (Wildman–Crippen MR) is 89.9 cm³/mol. The molecule has 1 amide bonds. The number of carbonyl (C=O) groups is 1. The summed E-state index contributed by atoms with van der Waals surface area (Å²) in [5.41, 5.74) is -0.422. The van der Waals surface area contributed by atoms with E-state index >= 15 is 0 Å². The molecule has 0 aromatic heterocycles. The molecule has 0 bridgehead atoms. The molecule has 2 fully saturated rings. The van der Waals surface area contributed by atoms with Gasteiger partial charge in [-0.25, -0.2) is 4.79 Å². The standard InChI is InChI=1S/C18H34N2O2/c1-13(14-8-5-6-9-14)20-16-11-7-10-15(16)12-19-17(21)22-18(2,3)4/h13-16,20H,5-12H2,1-4H3,(H,19,21)/t13-,15?,16?/m0/s1. The van der Waals surface area contributed by atoms with E-state index in [-0.39, 0.29) is 6.09 Å². The average molecular weight is 310 g/mol. The molecular formula is C18H34N2O2. The predicted octanol–water partition coefficient (Wildman–Crippen LogP) is 3.85. The van der Waals surface area contributed by atoms with Gasteiger partial charge in [0.1, 0.15) is 5.60 Å². The lowest BCUT2D eigenvalue weighted by Crippen LogP contribution is -2.45. The van der Waals surface area contributed by atoms with Crippen LogP contribution in [0.4, 0.5) is 4.79 Å². The van der Waals surface area contributed by atoms with Crippen molar-refractivity contribution in [3.63, 3.8) is 0 Å². The topological polar surface area (TPSA) is 50.4 Å². The van der Waals surface area contributed by atoms with Crippen molar-refractivity contribution in [2.45, 2.75) is 90.3 Å². The summed E-state index contributed by atoms with van der Waals surface area (Å²) in [5, 5.41) is 6.80. The van der Waals surface area contributed by atoms with Gasteiger partial charge in [0.05, 0.1) is 0 Å². The molecule has 2 rings (SSSR count). The first-order valence-corrected chi connectivity index (χ1v) is 9.08. The van der Waals surface area contributed by atoms with Crippen LogP contribution in [0, 0.1) is 11.8 Å². The van der Waals surface area contributed by atoms with E-state index in [1.54, 1.807) is 0 Å². The van der Waals surface area contributed by atoms with Crippen molar-refractivity contribution in [1.82, 2.24) is 10.6 Å². The number of ether oxygens (including phenoxy) is 1. The number of amides is 1. The second-order valence-corrected chi connectivity index (χ2v) is 8.18. The Bertz CT molecular complexity index is 359. The van der Waals surface area contributed by atoms with Gasteiger partial charge < -0.3 is 15.4 Å². The summed E-state index contributed by atoms with van der Waals surface area (Å²) in [5.74, 6) is 1.39. The molecule has 2 saturated carbocycles. The second kappa shape index (κ2) is 7.67. The molecule has 4 nitrogen and oxygen atoms in total. The van der Waals surface area contributed by atoms with Crippen LogP contribution in [0.3, 0.4) is 0 Å². The Morgan fingerprint density at radius 2 is 1.82 bits per heavy atom. The molecule has 0 saturated heterocycles. The number of hydrogen-bond donors (Lipinski definition) is 2. The zero-order chi connectivity index (χ0) is 16.2. The maximum atomic E-state index is 11.8. The minimum atomic E-state index is -0.422. The Morgan fingerprint density at radius 1 is 1.14 bits per heavy atom. The maximum absolute atomic E-state index is 11.8. The van der Waals surface area contributed by atoms with Gasteiger partial charge >= 0.3 is 6.09 Å². The lowest BCUT2D eigenvalue weighted by atomic mass is 9.96. The van der Waals surface area contributed by atoms with Crippen molar-refractivity contribution < 1.29 is 9.53 Å². The van der Waals surface area contributed by atoms with Gasteiger partial charge in [0.15, 0.2) is 0 Å². The second-order valence-electron chi connectivity index (χ2n) is 8.18. The minimum Gasteiger partial charge on any atom is -0.444 e. The van der Waals surface area contributed by atoms with Crippen molar-refractivity contribution in [3.05, 3.63) is 0 Å². The van der Waals surface area contributed by atoms with Gasteiger partial charge in [0.25, 0.3) is 0 Å². The summed E-state index contributed by atoms with van der Waals surface area (Å²) in [6.45, 7) is 8.76. The number of rotatable bonds is 5. The molecule has 0 aromatic rings. The Labute approximate surface area is 135 Å². The molecule has 0 heterocycles. The average Bonchev–Trinajstić information content (AvgIpc) is 3.05. The summed E-state index contributed by atoms with van der Waals surface area (Å²) in [7, 11) is 0. The van der Waals surface area contributed by atoms with E-state index in [9.17, 15) is 4.79 Å². The monoisotopic (exact) mass is 310 g/mol. The van der Waals surface area contributed by atoms with Gasteiger partial charge in [-0.15, -0.1) is 0 Å². The van der Waals surface area contributed by atoms with Gasteiger partial charge in [-0.3, -0.25) is 0 Å². The van der Waals surface area contributed by atoms with Crippen molar-refractivity contribution in [2.24, 2.45) is 11.8 Å². The Morgan fingerprint density at radius 3 is 2.45 bits per heavy atom. The third-order valence-corrected chi connectivity index (χ3v) is 5.15. The number of alkyl carbamates (subject to hydrolysis) is 1. The number of nitrogens with one attached hydrogen (secondary N) is 2.